The number of hydrogen-bond donors (Lipinski definition) is 0. The Kier molecular flexibility index (Phi) is 3.20. The molecule has 0 saturated carbocycles. The van der Waals surface area contributed by atoms with Crippen LogP contribution < -0.4 is 0 Å². The van der Waals surface area contributed by atoms with E-state index in [4.69, 9.17) is 4.74 Å². The third-order valence-electron chi connectivity index (χ3n) is 3.42. The van der Waals surface area contributed by atoms with Crippen molar-refractivity contribution >= 4 is 10.0 Å². The van der Waals surface area contributed by atoms with Crippen molar-refractivity contribution in [2.75, 3.05) is 26.5 Å². The Morgan fingerprint density at radius 1 is 1.33 bits per heavy atom. The summed E-state index contributed by atoms with van der Waals surface area (Å²) in [4.78, 5) is 0. The van der Waals surface area contributed by atoms with E-state index in [0.29, 0.717) is 13.1 Å². The summed E-state index contributed by atoms with van der Waals surface area (Å²) in [6.45, 7) is 7.28. The first-order valence-electron chi connectivity index (χ1n) is 5.13. The third kappa shape index (κ3) is 2.34. The second kappa shape index (κ2) is 3.71. The monoisotopic (exact) mass is 235 g/mol. The van der Waals surface area contributed by atoms with Gasteiger partial charge in [0.2, 0.25) is 10.0 Å². The average molecular weight is 235 g/mol. The molecule has 0 aromatic heterocycles. The predicted molar refractivity (Wildman–Crippen MR) is 60.2 cm³/mol. The zero-order valence-corrected chi connectivity index (χ0v) is 11.0. The van der Waals surface area contributed by atoms with Gasteiger partial charge in [0, 0.05) is 20.2 Å². The highest BCUT2D eigenvalue weighted by atomic mass is 32.2. The van der Waals surface area contributed by atoms with Crippen molar-refractivity contribution in [3.8, 4) is 0 Å². The second-order valence-electron chi connectivity index (χ2n) is 5.29. The number of ether oxygens (including phenoxy) is 1. The highest BCUT2D eigenvalue weighted by Gasteiger charge is 2.49. The van der Waals surface area contributed by atoms with Crippen LogP contribution in [0.15, 0.2) is 0 Å². The Labute approximate surface area is 92.7 Å². The zero-order chi connectivity index (χ0) is 11.9. The summed E-state index contributed by atoms with van der Waals surface area (Å²) in [5.74, 6) is 0. The number of sulfonamides is 1. The minimum Gasteiger partial charge on any atom is -0.376 e. The SMILES string of the molecule is COC1(C(C)(C)C)CCN(S(C)(=O)=O)C1. The molecule has 0 aromatic rings. The summed E-state index contributed by atoms with van der Waals surface area (Å²) in [6, 6.07) is 0. The van der Waals surface area contributed by atoms with Crippen molar-refractivity contribution in [2.24, 2.45) is 5.41 Å². The van der Waals surface area contributed by atoms with Gasteiger partial charge in [0.25, 0.3) is 0 Å². The average Bonchev–Trinajstić information content (AvgIpc) is 2.46. The molecule has 1 heterocycles. The Morgan fingerprint density at radius 2 is 1.87 bits per heavy atom. The smallest absolute Gasteiger partial charge is 0.211 e. The molecule has 0 bridgehead atoms. The van der Waals surface area contributed by atoms with Crippen molar-refractivity contribution in [3.63, 3.8) is 0 Å². The van der Waals surface area contributed by atoms with Crippen LogP contribution in [0.25, 0.3) is 0 Å². The topological polar surface area (TPSA) is 46.6 Å². The van der Waals surface area contributed by atoms with Gasteiger partial charge in [-0.05, 0) is 11.8 Å². The molecule has 1 aliphatic heterocycles. The Balaban J connectivity index is 2.93. The minimum absolute atomic E-state index is 0.0544. The molecule has 0 N–H and O–H groups in total. The number of methoxy groups -OCH3 is 1. The van der Waals surface area contributed by atoms with E-state index in [-0.39, 0.29) is 11.0 Å². The van der Waals surface area contributed by atoms with E-state index < -0.39 is 10.0 Å². The van der Waals surface area contributed by atoms with Crippen LogP contribution in [-0.4, -0.2) is 44.8 Å². The first-order chi connectivity index (χ1) is 6.62. The molecular weight excluding hydrogens is 214 g/mol. The molecule has 1 atom stereocenters. The lowest BCUT2D eigenvalue weighted by Gasteiger charge is -2.40. The van der Waals surface area contributed by atoms with Crippen molar-refractivity contribution in [1.29, 1.82) is 0 Å². The molecule has 4 nitrogen and oxygen atoms in total. The Hall–Kier alpha value is -0.130. The van der Waals surface area contributed by atoms with Crippen LogP contribution in [0.4, 0.5) is 0 Å². The van der Waals surface area contributed by atoms with Crippen molar-refractivity contribution in [1.82, 2.24) is 4.31 Å². The van der Waals surface area contributed by atoms with Crippen LogP contribution in [0, 0.1) is 5.41 Å². The molecule has 1 saturated heterocycles. The fourth-order valence-corrected chi connectivity index (χ4v) is 2.98. The van der Waals surface area contributed by atoms with Gasteiger partial charge in [0.1, 0.15) is 0 Å². The van der Waals surface area contributed by atoms with Gasteiger partial charge in [0.15, 0.2) is 0 Å². The summed E-state index contributed by atoms with van der Waals surface area (Å²) in [7, 11) is -1.43. The summed E-state index contributed by atoms with van der Waals surface area (Å²) in [5, 5.41) is 0. The molecule has 0 aliphatic carbocycles. The first kappa shape index (κ1) is 12.9. The molecule has 0 radical (unpaired) electrons. The normalized spacial score (nSPS) is 29.7. The van der Waals surface area contributed by atoms with Crippen LogP contribution in [0.2, 0.25) is 0 Å². The van der Waals surface area contributed by atoms with Crippen molar-refractivity contribution in [3.05, 3.63) is 0 Å². The van der Waals surface area contributed by atoms with E-state index in [0.717, 1.165) is 6.42 Å². The van der Waals surface area contributed by atoms with E-state index in [2.05, 4.69) is 20.8 Å². The van der Waals surface area contributed by atoms with Gasteiger partial charge < -0.3 is 4.74 Å². The molecule has 1 unspecified atom stereocenters. The maximum absolute atomic E-state index is 11.4. The summed E-state index contributed by atoms with van der Waals surface area (Å²) in [6.07, 6.45) is 2.02. The molecule has 1 aliphatic rings. The summed E-state index contributed by atoms with van der Waals surface area (Å²) >= 11 is 0. The van der Waals surface area contributed by atoms with Gasteiger partial charge in [-0.25, -0.2) is 8.42 Å². The van der Waals surface area contributed by atoms with Crippen LogP contribution >= 0.6 is 0 Å². The van der Waals surface area contributed by atoms with E-state index in [9.17, 15) is 8.42 Å². The van der Waals surface area contributed by atoms with Crippen molar-refractivity contribution < 1.29 is 13.2 Å². The van der Waals surface area contributed by atoms with Crippen LogP contribution in [0.5, 0.6) is 0 Å². The van der Waals surface area contributed by atoms with Gasteiger partial charge in [0.05, 0.1) is 11.9 Å². The Bertz CT molecular complexity index is 331. The van der Waals surface area contributed by atoms with E-state index in [1.165, 1.54) is 10.6 Å². The van der Waals surface area contributed by atoms with Gasteiger partial charge in [-0.2, -0.15) is 4.31 Å². The van der Waals surface area contributed by atoms with Gasteiger partial charge in [-0.3, -0.25) is 0 Å². The lowest BCUT2D eigenvalue weighted by Crippen LogP contribution is -2.47. The summed E-state index contributed by atoms with van der Waals surface area (Å²) in [5.41, 5.74) is -0.405. The molecule has 1 fully saturated rings. The largest absolute Gasteiger partial charge is 0.376 e. The molecule has 0 amide bonds. The first-order valence-corrected chi connectivity index (χ1v) is 6.97. The van der Waals surface area contributed by atoms with Crippen LogP contribution in [-0.2, 0) is 14.8 Å². The maximum Gasteiger partial charge on any atom is 0.211 e. The van der Waals surface area contributed by atoms with Gasteiger partial charge >= 0.3 is 0 Å². The van der Waals surface area contributed by atoms with Crippen molar-refractivity contribution in [2.45, 2.75) is 32.8 Å². The molecule has 1 rings (SSSR count). The molecule has 15 heavy (non-hydrogen) atoms. The second-order valence-corrected chi connectivity index (χ2v) is 7.28. The lowest BCUT2D eigenvalue weighted by molar-refractivity contribution is -0.0789. The zero-order valence-electron chi connectivity index (χ0n) is 10.2. The number of hydrogen-bond acceptors (Lipinski definition) is 3. The third-order valence-corrected chi connectivity index (χ3v) is 4.67. The van der Waals surface area contributed by atoms with Crippen LogP contribution in [0.3, 0.4) is 0 Å². The standard InChI is InChI=1S/C10H21NO3S/c1-9(2,3)10(14-4)6-7-11(8-10)15(5,12)13/h6-8H2,1-5H3. The maximum atomic E-state index is 11.4. The summed E-state index contributed by atoms with van der Waals surface area (Å²) < 4.78 is 30.0. The Morgan fingerprint density at radius 3 is 2.07 bits per heavy atom. The molecule has 0 aromatic carbocycles. The molecule has 5 heteroatoms. The van der Waals surface area contributed by atoms with E-state index in [1.54, 1.807) is 7.11 Å². The molecule has 90 valence electrons. The van der Waals surface area contributed by atoms with E-state index >= 15 is 0 Å². The quantitative estimate of drug-likeness (QED) is 0.719. The molecule has 0 spiro atoms. The predicted octanol–water partition coefficient (Wildman–Crippen LogP) is 1.08. The fourth-order valence-electron chi connectivity index (χ4n) is 2.12. The van der Waals surface area contributed by atoms with Gasteiger partial charge in [-0.1, -0.05) is 20.8 Å². The van der Waals surface area contributed by atoms with E-state index in [1.807, 2.05) is 0 Å². The number of nitrogens with zero attached hydrogens (tertiary/aromatic N) is 1. The minimum atomic E-state index is -3.09. The van der Waals surface area contributed by atoms with Crippen LogP contribution in [0.1, 0.15) is 27.2 Å². The molecular formula is C10H21NO3S. The number of rotatable bonds is 2. The highest BCUT2D eigenvalue weighted by Crippen LogP contribution is 2.41. The highest BCUT2D eigenvalue weighted by molar-refractivity contribution is 7.88. The lowest BCUT2D eigenvalue weighted by atomic mass is 9.76. The van der Waals surface area contributed by atoms with Gasteiger partial charge in [-0.15, -0.1) is 0 Å². The fraction of sp³-hybridized carbons (Fsp3) is 1.00.